The highest BCUT2D eigenvalue weighted by molar-refractivity contribution is 7.89. The minimum absolute atomic E-state index is 0. The zero-order valence-electron chi connectivity index (χ0n) is 14.7. The van der Waals surface area contributed by atoms with E-state index in [4.69, 9.17) is 0 Å². The predicted molar refractivity (Wildman–Crippen MR) is 107 cm³/mol. The number of halogens is 1. The third-order valence-electron chi connectivity index (χ3n) is 5.19. The van der Waals surface area contributed by atoms with E-state index >= 15 is 0 Å². The highest BCUT2D eigenvalue weighted by Crippen LogP contribution is 2.29. The van der Waals surface area contributed by atoms with E-state index in [9.17, 15) is 8.42 Å². The second-order valence-corrected chi connectivity index (χ2v) is 8.54. The summed E-state index contributed by atoms with van der Waals surface area (Å²) in [6.45, 7) is 2.16. The maximum atomic E-state index is 12.7. The van der Waals surface area contributed by atoms with E-state index in [2.05, 4.69) is 27.1 Å². The lowest BCUT2D eigenvalue weighted by Crippen LogP contribution is -2.38. The molecule has 0 bridgehead atoms. The molecule has 0 spiro atoms. The summed E-state index contributed by atoms with van der Waals surface area (Å²) in [5, 5.41) is 3.41. The van der Waals surface area contributed by atoms with E-state index in [1.165, 1.54) is 16.7 Å². The molecule has 0 aromatic heterocycles. The molecule has 0 aliphatic carbocycles. The highest BCUT2D eigenvalue weighted by atomic mass is 35.5. The average Bonchev–Trinajstić information content (AvgIpc) is 3.00. The molecule has 0 saturated heterocycles. The normalized spacial score (nSPS) is 18.8. The van der Waals surface area contributed by atoms with Gasteiger partial charge in [0.1, 0.15) is 0 Å². The quantitative estimate of drug-likeness (QED) is 0.836. The molecule has 2 aromatic carbocycles. The first-order valence-electron chi connectivity index (χ1n) is 8.69. The Bertz CT molecular complexity index is 901. The predicted octanol–water partition coefficient (Wildman–Crippen LogP) is 2.27. The summed E-state index contributed by atoms with van der Waals surface area (Å²) in [6.07, 6.45) is 1.96. The Morgan fingerprint density at radius 1 is 1.15 bits per heavy atom. The van der Waals surface area contributed by atoms with Gasteiger partial charge in [-0.25, -0.2) is 13.1 Å². The maximum Gasteiger partial charge on any atom is 0.240 e. The lowest BCUT2D eigenvalue weighted by Gasteiger charge is -2.27. The molecule has 1 atom stereocenters. The van der Waals surface area contributed by atoms with Crippen molar-refractivity contribution >= 4 is 28.1 Å². The SMILES string of the molecule is CN1CCc2ccc(S(=O)(=O)NCC3NCCc4ccccc43)cc21.Cl. The minimum Gasteiger partial charge on any atom is -0.374 e. The van der Waals surface area contributed by atoms with Crippen LogP contribution >= 0.6 is 12.4 Å². The van der Waals surface area contributed by atoms with Crippen molar-refractivity contribution in [1.29, 1.82) is 0 Å². The Morgan fingerprint density at radius 2 is 1.96 bits per heavy atom. The molecule has 2 aliphatic rings. The summed E-state index contributed by atoms with van der Waals surface area (Å²) in [6, 6.07) is 13.7. The summed E-state index contributed by atoms with van der Waals surface area (Å²) in [5.41, 5.74) is 4.71. The van der Waals surface area contributed by atoms with Crippen LogP contribution in [-0.4, -0.2) is 35.1 Å². The van der Waals surface area contributed by atoms with Crippen LogP contribution in [0.5, 0.6) is 0 Å². The molecule has 5 nitrogen and oxygen atoms in total. The number of hydrogen-bond acceptors (Lipinski definition) is 4. The van der Waals surface area contributed by atoms with Crippen LogP contribution in [0, 0.1) is 0 Å². The number of rotatable bonds is 4. The Labute approximate surface area is 161 Å². The van der Waals surface area contributed by atoms with Gasteiger partial charge in [-0.05, 0) is 48.2 Å². The summed E-state index contributed by atoms with van der Waals surface area (Å²) in [5.74, 6) is 0. The third-order valence-corrected chi connectivity index (χ3v) is 6.61. The number of sulfonamides is 1. The van der Waals surface area contributed by atoms with Crippen molar-refractivity contribution in [3.8, 4) is 0 Å². The van der Waals surface area contributed by atoms with Crippen LogP contribution in [0.25, 0.3) is 0 Å². The van der Waals surface area contributed by atoms with Crippen LogP contribution < -0.4 is 14.9 Å². The minimum atomic E-state index is -3.52. The Kier molecular flexibility index (Phi) is 5.58. The first-order valence-corrected chi connectivity index (χ1v) is 10.2. The summed E-state index contributed by atoms with van der Waals surface area (Å²) >= 11 is 0. The third kappa shape index (κ3) is 3.60. The van der Waals surface area contributed by atoms with Gasteiger partial charge in [0.25, 0.3) is 0 Å². The van der Waals surface area contributed by atoms with Gasteiger partial charge in [-0.3, -0.25) is 0 Å². The van der Waals surface area contributed by atoms with Crippen LogP contribution in [-0.2, 0) is 22.9 Å². The van der Waals surface area contributed by atoms with Crippen molar-refractivity contribution in [2.45, 2.75) is 23.8 Å². The van der Waals surface area contributed by atoms with Gasteiger partial charge in [0.05, 0.1) is 4.90 Å². The lowest BCUT2D eigenvalue weighted by molar-refractivity contribution is 0.491. The smallest absolute Gasteiger partial charge is 0.240 e. The monoisotopic (exact) mass is 393 g/mol. The molecule has 0 fully saturated rings. The van der Waals surface area contributed by atoms with Gasteiger partial charge in [-0.2, -0.15) is 0 Å². The number of likely N-dealkylation sites (N-methyl/N-ethyl adjacent to an activating group) is 1. The molecule has 2 aliphatic heterocycles. The van der Waals surface area contributed by atoms with Crippen molar-refractivity contribution in [1.82, 2.24) is 10.0 Å². The molecular weight excluding hydrogens is 370 g/mol. The van der Waals surface area contributed by atoms with Crippen LogP contribution in [0.2, 0.25) is 0 Å². The van der Waals surface area contributed by atoms with Gasteiger partial charge in [0, 0.05) is 31.9 Å². The molecular formula is C19H24ClN3O2S. The molecule has 0 saturated carbocycles. The Balaban J connectivity index is 0.00000196. The molecule has 1 unspecified atom stereocenters. The Hall–Kier alpha value is -1.60. The zero-order chi connectivity index (χ0) is 17.4. The van der Waals surface area contributed by atoms with Crippen LogP contribution in [0.15, 0.2) is 47.4 Å². The van der Waals surface area contributed by atoms with Crippen LogP contribution in [0.3, 0.4) is 0 Å². The second kappa shape index (κ2) is 7.56. The number of hydrogen-bond donors (Lipinski definition) is 2. The Morgan fingerprint density at radius 3 is 2.81 bits per heavy atom. The second-order valence-electron chi connectivity index (χ2n) is 6.77. The lowest BCUT2D eigenvalue weighted by atomic mass is 9.95. The summed E-state index contributed by atoms with van der Waals surface area (Å²) in [4.78, 5) is 2.44. The van der Waals surface area contributed by atoms with Crippen molar-refractivity contribution < 1.29 is 8.42 Å². The van der Waals surface area contributed by atoms with Crippen LogP contribution in [0.1, 0.15) is 22.7 Å². The topological polar surface area (TPSA) is 61.4 Å². The van der Waals surface area contributed by atoms with E-state index in [0.29, 0.717) is 11.4 Å². The van der Waals surface area contributed by atoms with Gasteiger partial charge in [0.15, 0.2) is 0 Å². The maximum absolute atomic E-state index is 12.7. The fourth-order valence-corrected chi connectivity index (χ4v) is 4.80. The summed E-state index contributed by atoms with van der Waals surface area (Å²) < 4.78 is 28.3. The number of nitrogens with one attached hydrogen (secondary N) is 2. The van der Waals surface area contributed by atoms with E-state index < -0.39 is 10.0 Å². The molecule has 26 heavy (non-hydrogen) atoms. The standard InChI is InChI=1S/C19H23N3O2S.ClH/c1-22-11-9-15-6-7-16(12-19(15)22)25(23,24)21-13-18-17-5-3-2-4-14(17)8-10-20-18;/h2-7,12,18,20-21H,8-11,13H2,1H3;1H. The fraction of sp³-hybridized carbons (Fsp3) is 0.368. The molecule has 2 heterocycles. The molecule has 4 rings (SSSR count). The van der Waals surface area contributed by atoms with Crippen molar-refractivity contribution in [3.63, 3.8) is 0 Å². The zero-order valence-corrected chi connectivity index (χ0v) is 16.4. The average molecular weight is 394 g/mol. The van der Waals surface area contributed by atoms with Crippen LogP contribution in [0.4, 0.5) is 5.69 Å². The van der Waals surface area contributed by atoms with E-state index in [1.54, 1.807) is 12.1 Å². The van der Waals surface area contributed by atoms with Crippen molar-refractivity contribution in [3.05, 3.63) is 59.2 Å². The van der Waals surface area contributed by atoms with Gasteiger partial charge in [0.2, 0.25) is 10.0 Å². The molecule has 0 radical (unpaired) electrons. The molecule has 0 amide bonds. The van der Waals surface area contributed by atoms with Gasteiger partial charge >= 0.3 is 0 Å². The highest BCUT2D eigenvalue weighted by Gasteiger charge is 2.24. The van der Waals surface area contributed by atoms with E-state index in [-0.39, 0.29) is 18.4 Å². The van der Waals surface area contributed by atoms with Crippen molar-refractivity contribution in [2.24, 2.45) is 0 Å². The number of benzene rings is 2. The number of nitrogens with zero attached hydrogens (tertiary/aromatic N) is 1. The first kappa shape index (κ1) is 19.2. The van der Waals surface area contributed by atoms with E-state index in [1.807, 2.05) is 25.2 Å². The number of fused-ring (bicyclic) bond motifs is 2. The molecule has 140 valence electrons. The number of anilines is 1. The summed E-state index contributed by atoms with van der Waals surface area (Å²) in [7, 11) is -1.53. The first-order chi connectivity index (χ1) is 12.0. The molecule has 7 heteroatoms. The molecule has 2 aromatic rings. The van der Waals surface area contributed by atoms with Gasteiger partial charge in [-0.1, -0.05) is 30.3 Å². The molecule has 2 N–H and O–H groups in total. The fourth-order valence-electron chi connectivity index (χ4n) is 3.74. The van der Waals surface area contributed by atoms with Gasteiger partial charge < -0.3 is 10.2 Å². The van der Waals surface area contributed by atoms with Crippen molar-refractivity contribution in [2.75, 3.05) is 31.6 Å². The van der Waals surface area contributed by atoms with E-state index in [0.717, 1.165) is 31.6 Å². The van der Waals surface area contributed by atoms with Gasteiger partial charge in [-0.15, -0.1) is 12.4 Å². The largest absolute Gasteiger partial charge is 0.374 e.